The maximum absolute atomic E-state index is 11.4. The van der Waals surface area contributed by atoms with Crippen LogP contribution < -0.4 is 0 Å². The van der Waals surface area contributed by atoms with Gasteiger partial charge in [-0.1, -0.05) is 12.2 Å². The monoisotopic (exact) mass is 382 g/mol. The molecule has 1 unspecified atom stereocenters. The number of rotatable bonds is 10. The van der Waals surface area contributed by atoms with Crippen LogP contribution in [0.5, 0.6) is 0 Å². The van der Waals surface area contributed by atoms with Gasteiger partial charge in [0.1, 0.15) is 6.10 Å². The molecule has 1 heterocycles. The van der Waals surface area contributed by atoms with E-state index in [2.05, 4.69) is 16.9 Å². The van der Waals surface area contributed by atoms with Crippen LogP contribution in [0.4, 0.5) is 0 Å². The smallest absolute Gasteiger partial charge is 0.305 e. The van der Waals surface area contributed by atoms with Gasteiger partial charge in [0.2, 0.25) is 0 Å². The molecule has 2 fully saturated rings. The fourth-order valence-corrected chi connectivity index (χ4v) is 3.93. The maximum Gasteiger partial charge on any atom is 0.305 e. The molecule has 6 nitrogen and oxygen atoms in total. The van der Waals surface area contributed by atoms with E-state index in [1.807, 2.05) is 0 Å². The number of methoxy groups -OCH3 is 1. The molecule has 1 aliphatic carbocycles. The average Bonchev–Trinajstić information content (AvgIpc) is 3.04. The zero-order valence-electron chi connectivity index (χ0n) is 16.7. The Morgan fingerprint density at radius 3 is 2.70 bits per heavy atom. The number of ether oxygens (including phenoxy) is 4. The predicted octanol–water partition coefficient (Wildman–Crippen LogP) is 3.78. The SMILES string of the molecule is COC(=O)CCCC=CC[C@@H]1[C@@H](COC2CCCCO2)CC[C@@H]1OC(C)=O. The van der Waals surface area contributed by atoms with Crippen LogP contribution in [0, 0.1) is 11.8 Å². The molecule has 27 heavy (non-hydrogen) atoms. The van der Waals surface area contributed by atoms with Crippen LogP contribution in [0.15, 0.2) is 12.2 Å². The number of hydrogen-bond acceptors (Lipinski definition) is 6. The average molecular weight is 382 g/mol. The first-order chi connectivity index (χ1) is 13.1. The van der Waals surface area contributed by atoms with Crippen LogP contribution in [0.1, 0.15) is 64.7 Å². The van der Waals surface area contributed by atoms with Crippen molar-refractivity contribution < 1.29 is 28.5 Å². The van der Waals surface area contributed by atoms with Gasteiger partial charge >= 0.3 is 11.9 Å². The minimum atomic E-state index is -0.218. The molecule has 0 bridgehead atoms. The second-order valence-electron chi connectivity index (χ2n) is 7.45. The molecule has 6 heteroatoms. The second kappa shape index (κ2) is 12.1. The Morgan fingerprint density at radius 1 is 1.15 bits per heavy atom. The van der Waals surface area contributed by atoms with Gasteiger partial charge in [-0.3, -0.25) is 9.59 Å². The molecule has 0 N–H and O–H groups in total. The zero-order chi connectivity index (χ0) is 19.5. The fourth-order valence-electron chi connectivity index (χ4n) is 3.93. The standard InChI is InChI=1S/C21H34O6/c1-16(22)27-19-13-12-17(15-26-21-11-7-8-14-25-21)18(19)9-5-3-4-6-10-20(23)24-2/h3,5,17-19,21H,4,6-15H2,1-2H3/t17-,18-,19+,21?/m1/s1. The first-order valence-corrected chi connectivity index (χ1v) is 10.2. The Morgan fingerprint density at radius 2 is 2.00 bits per heavy atom. The molecular weight excluding hydrogens is 348 g/mol. The van der Waals surface area contributed by atoms with Gasteiger partial charge in [-0.25, -0.2) is 0 Å². The summed E-state index contributed by atoms with van der Waals surface area (Å²) >= 11 is 0. The van der Waals surface area contributed by atoms with E-state index in [0.717, 1.165) is 58.0 Å². The van der Waals surface area contributed by atoms with Crippen molar-refractivity contribution in [3.63, 3.8) is 0 Å². The van der Waals surface area contributed by atoms with Crippen molar-refractivity contribution in [2.45, 2.75) is 77.1 Å². The quantitative estimate of drug-likeness (QED) is 0.325. The van der Waals surface area contributed by atoms with E-state index in [1.54, 1.807) is 0 Å². The van der Waals surface area contributed by atoms with Crippen LogP contribution in [-0.4, -0.2) is 44.7 Å². The minimum Gasteiger partial charge on any atom is -0.469 e. The Hall–Kier alpha value is -1.40. The summed E-state index contributed by atoms with van der Waals surface area (Å²) in [6, 6.07) is 0. The lowest BCUT2D eigenvalue weighted by atomic mass is 9.91. The van der Waals surface area contributed by atoms with E-state index >= 15 is 0 Å². The largest absolute Gasteiger partial charge is 0.469 e. The van der Waals surface area contributed by atoms with Crippen molar-refractivity contribution in [1.82, 2.24) is 0 Å². The third kappa shape index (κ3) is 8.01. The minimum absolute atomic E-state index is 0.0388. The number of allylic oxidation sites excluding steroid dienone is 2. The van der Waals surface area contributed by atoms with Crippen molar-refractivity contribution in [2.24, 2.45) is 11.8 Å². The van der Waals surface area contributed by atoms with Gasteiger partial charge in [0.15, 0.2) is 6.29 Å². The number of carbonyl (C=O) groups excluding carboxylic acids is 2. The molecule has 0 spiro atoms. The lowest BCUT2D eigenvalue weighted by molar-refractivity contribution is -0.172. The van der Waals surface area contributed by atoms with E-state index in [9.17, 15) is 9.59 Å². The third-order valence-corrected chi connectivity index (χ3v) is 5.41. The summed E-state index contributed by atoms with van der Waals surface area (Å²) in [4.78, 5) is 22.6. The van der Waals surface area contributed by atoms with Gasteiger partial charge in [-0.2, -0.15) is 0 Å². The van der Waals surface area contributed by atoms with E-state index < -0.39 is 0 Å². The van der Waals surface area contributed by atoms with Gasteiger partial charge in [0.25, 0.3) is 0 Å². The highest BCUT2D eigenvalue weighted by Gasteiger charge is 2.37. The molecule has 0 radical (unpaired) electrons. The van der Waals surface area contributed by atoms with E-state index in [4.69, 9.17) is 14.2 Å². The Kier molecular flexibility index (Phi) is 9.84. The maximum atomic E-state index is 11.4. The Labute approximate surface area is 162 Å². The summed E-state index contributed by atoms with van der Waals surface area (Å²) in [5.74, 6) is 0.259. The van der Waals surface area contributed by atoms with Crippen LogP contribution in [0.3, 0.4) is 0 Å². The normalized spacial score (nSPS) is 28.4. The first kappa shape index (κ1) is 21.9. The predicted molar refractivity (Wildman–Crippen MR) is 101 cm³/mol. The molecule has 0 aromatic rings. The van der Waals surface area contributed by atoms with Crippen LogP contribution in [0.25, 0.3) is 0 Å². The number of hydrogen-bond donors (Lipinski definition) is 0. The molecule has 0 amide bonds. The van der Waals surface area contributed by atoms with Crippen molar-refractivity contribution in [3.8, 4) is 0 Å². The summed E-state index contributed by atoms with van der Waals surface area (Å²) < 4.78 is 21.8. The highest BCUT2D eigenvalue weighted by molar-refractivity contribution is 5.69. The molecule has 2 rings (SSSR count). The molecule has 1 saturated carbocycles. The van der Waals surface area contributed by atoms with E-state index in [-0.39, 0.29) is 30.3 Å². The van der Waals surface area contributed by atoms with Gasteiger partial charge in [-0.05, 0) is 57.3 Å². The fraction of sp³-hybridized carbons (Fsp3) is 0.810. The second-order valence-corrected chi connectivity index (χ2v) is 7.45. The summed E-state index contributed by atoms with van der Waals surface area (Å²) in [7, 11) is 1.41. The third-order valence-electron chi connectivity index (χ3n) is 5.41. The molecule has 154 valence electrons. The zero-order valence-corrected chi connectivity index (χ0v) is 16.7. The summed E-state index contributed by atoms with van der Waals surface area (Å²) in [5, 5.41) is 0. The lowest BCUT2D eigenvalue weighted by Crippen LogP contribution is -2.29. The lowest BCUT2D eigenvalue weighted by Gasteiger charge is -2.27. The molecule has 4 atom stereocenters. The Balaban J connectivity index is 1.79. The molecule has 1 aliphatic heterocycles. The number of carbonyl (C=O) groups is 2. The first-order valence-electron chi connectivity index (χ1n) is 10.2. The topological polar surface area (TPSA) is 71.1 Å². The van der Waals surface area contributed by atoms with Gasteiger partial charge in [0, 0.05) is 25.9 Å². The summed E-state index contributed by atoms with van der Waals surface area (Å²) in [5.41, 5.74) is 0. The molecule has 0 aromatic heterocycles. The Bertz CT molecular complexity index is 483. The van der Waals surface area contributed by atoms with Crippen molar-refractivity contribution in [3.05, 3.63) is 12.2 Å². The van der Waals surface area contributed by atoms with Crippen molar-refractivity contribution >= 4 is 11.9 Å². The van der Waals surface area contributed by atoms with Crippen LogP contribution in [-0.2, 0) is 28.5 Å². The van der Waals surface area contributed by atoms with Gasteiger partial charge in [-0.15, -0.1) is 0 Å². The molecular formula is C21H34O6. The molecule has 0 aromatic carbocycles. The van der Waals surface area contributed by atoms with E-state index in [0.29, 0.717) is 18.9 Å². The van der Waals surface area contributed by atoms with Crippen molar-refractivity contribution in [1.29, 1.82) is 0 Å². The molecule has 1 saturated heterocycles. The van der Waals surface area contributed by atoms with Crippen LogP contribution in [0.2, 0.25) is 0 Å². The van der Waals surface area contributed by atoms with Gasteiger partial charge < -0.3 is 18.9 Å². The highest BCUT2D eigenvalue weighted by Crippen LogP contribution is 2.37. The van der Waals surface area contributed by atoms with E-state index in [1.165, 1.54) is 14.0 Å². The number of esters is 2. The molecule has 2 aliphatic rings. The summed E-state index contributed by atoms with van der Waals surface area (Å²) in [6.07, 6.45) is 12.2. The number of unbranched alkanes of at least 4 members (excludes halogenated alkanes) is 1. The summed E-state index contributed by atoms with van der Waals surface area (Å²) in [6.45, 7) is 2.91. The van der Waals surface area contributed by atoms with Crippen LogP contribution >= 0.6 is 0 Å². The van der Waals surface area contributed by atoms with Crippen molar-refractivity contribution in [2.75, 3.05) is 20.3 Å². The van der Waals surface area contributed by atoms with Gasteiger partial charge in [0.05, 0.1) is 13.7 Å². The highest BCUT2D eigenvalue weighted by atomic mass is 16.7.